The summed E-state index contributed by atoms with van der Waals surface area (Å²) in [6.45, 7) is 2.06. The number of amides is 1. The molecule has 0 saturated carbocycles. The molecule has 0 bridgehead atoms. The molecule has 1 saturated heterocycles. The molecule has 1 aliphatic rings. The molecular weight excluding hydrogens is 544 g/mol. The van der Waals surface area contributed by atoms with Gasteiger partial charge in [0.1, 0.15) is 11.7 Å². The molecular formula is C32H35ClN2O4S. The van der Waals surface area contributed by atoms with Crippen molar-refractivity contribution in [1.29, 1.82) is 0 Å². The van der Waals surface area contributed by atoms with Crippen LogP contribution in [0.5, 0.6) is 0 Å². The number of hydrogen-bond acceptors (Lipinski definition) is 6. The number of carbonyl (C=O) groups excluding carboxylic acids is 1. The van der Waals surface area contributed by atoms with Crippen LogP contribution in [-0.2, 0) is 21.6 Å². The number of morpholine rings is 1. The number of rotatable bonds is 10. The third kappa shape index (κ3) is 5.81. The van der Waals surface area contributed by atoms with Crippen LogP contribution in [0, 0.1) is 0 Å². The van der Waals surface area contributed by atoms with Gasteiger partial charge in [0.2, 0.25) is 0 Å². The van der Waals surface area contributed by atoms with Gasteiger partial charge >= 0.3 is 0 Å². The van der Waals surface area contributed by atoms with Crippen molar-refractivity contribution in [3.63, 3.8) is 0 Å². The molecule has 1 aliphatic heterocycles. The number of fused-ring (bicyclic) bond motifs is 1. The number of benzene rings is 3. The fourth-order valence-corrected chi connectivity index (χ4v) is 6.76. The van der Waals surface area contributed by atoms with Gasteiger partial charge in [-0.25, -0.2) is 0 Å². The van der Waals surface area contributed by atoms with Gasteiger partial charge in [0.05, 0.1) is 13.2 Å². The van der Waals surface area contributed by atoms with Crippen molar-refractivity contribution >= 4 is 38.9 Å². The molecule has 1 fully saturated rings. The summed E-state index contributed by atoms with van der Waals surface area (Å²) < 4.78 is 12.7. The van der Waals surface area contributed by atoms with Gasteiger partial charge in [-0.1, -0.05) is 54.1 Å². The maximum Gasteiger partial charge on any atom is 0.254 e. The molecule has 0 aliphatic carbocycles. The highest BCUT2D eigenvalue weighted by Crippen LogP contribution is 2.46. The van der Waals surface area contributed by atoms with Crippen LogP contribution in [0.4, 0.5) is 0 Å². The highest BCUT2D eigenvalue weighted by atomic mass is 35.5. The second-order valence-corrected chi connectivity index (χ2v) is 11.5. The van der Waals surface area contributed by atoms with Gasteiger partial charge < -0.3 is 25.2 Å². The van der Waals surface area contributed by atoms with Crippen molar-refractivity contribution in [2.45, 2.75) is 37.5 Å². The molecule has 0 radical (unpaired) electrons. The summed E-state index contributed by atoms with van der Waals surface area (Å²) in [6.07, 6.45) is 1.30. The average Bonchev–Trinajstić information content (AvgIpc) is 3.42. The van der Waals surface area contributed by atoms with Gasteiger partial charge in [0.25, 0.3) is 5.91 Å². The molecule has 1 aromatic heterocycles. The molecule has 8 heteroatoms. The van der Waals surface area contributed by atoms with Gasteiger partial charge in [-0.2, -0.15) is 0 Å². The van der Waals surface area contributed by atoms with Crippen LogP contribution in [0.15, 0.2) is 72.1 Å². The van der Waals surface area contributed by atoms with Crippen molar-refractivity contribution in [2.75, 3.05) is 33.4 Å². The van der Waals surface area contributed by atoms with E-state index < -0.39 is 11.7 Å². The molecule has 1 amide bonds. The van der Waals surface area contributed by atoms with Gasteiger partial charge in [0.15, 0.2) is 0 Å². The number of thiophene rings is 1. The number of nitrogens with two attached hydrogens (primary N) is 1. The van der Waals surface area contributed by atoms with E-state index in [1.54, 1.807) is 23.3 Å². The highest BCUT2D eigenvalue weighted by molar-refractivity contribution is 7.17. The monoisotopic (exact) mass is 578 g/mol. The molecule has 6 nitrogen and oxygen atoms in total. The number of ether oxygens (including phenoxy) is 2. The van der Waals surface area contributed by atoms with Gasteiger partial charge in [-0.15, -0.1) is 11.3 Å². The molecule has 2 heterocycles. The molecule has 3 N–H and O–H groups in total. The van der Waals surface area contributed by atoms with Crippen LogP contribution in [-0.4, -0.2) is 55.4 Å². The lowest BCUT2D eigenvalue weighted by Crippen LogP contribution is -2.54. The normalized spacial score (nSPS) is 17.2. The first kappa shape index (κ1) is 28.7. The van der Waals surface area contributed by atoms with Gasteiger partial charge in [0, 0.05) is 58.6 Å². The topological polar surface area (TPSA) is 85.0 Å². The largest absolute Gasteiger partial charge is 0.385 e. The Morgan fingerprint density at radius 3 is 2.73 bits per heavy atom. The molecule has 40 heavy (non-hydrogen) atoms. The molecule has 2 atom stereocenters. The third-order valence-electron chi connectivity index (χ3n) is 7.71. The molecule has 210 valence electrons. The predicted octanol–water partition coefficient (Wildman–Crippen LogP) is 6.23. The Kier molecular flexibility index (Phi) is 9.20. The van der Waals surface area contributed by atoms with E-state index in [9.17, 15) is 9.90 Å². The zero-order chi connectivity index (χ0) is 28.1. The lowest BCUT2D eigenvalue weighted by atomic mass is 9.79. The summed E-state index contributed by atoms with van der Waals surface area (Å²) in [7, 11) is 1.68. The molecule has 0 spiro atoms. The second kappa shape index (κ2) is 12.8. The van der Waals surface area contributed by atoms with Crippen LogP contribution >= 0.6 is 22.9 Å². The standard InChI is InChI=1S/C32H35ClN2O4S/c1-38-17-5-4-15-32(37,29-20-35(16-18-39-29)31(36)23-13-11-22(19-34)12-14-23)26-8-6-9-27(33)30(26)25-21-40-28-10-3-2-7-24(25)28/h2-3,6-14,21,29,37H,4-5,15-20,34H2,1H3. The Balaban J connectivity index is 1.53. The van der Waals surface area contributed by atoms with Crippen molar-refractivity contribution < 1.29 is 19.4 Å². The summed E-state index contributed by atoms with van der Waals surface area (Å²) in [4.78, 5) is 15.3. The van der Waals surface area contributed by atoms with E-state index >= 15 is 0 Å². The molecule has 4 aromatic rings. The van der Waals surface area contributed by atoms with E-state index in [1.807, 2.05) is 54.6 Å². The fourth-order valence-electron chi connectivity index (χ4n) is 5.53. The number of aliphatic hydroxyl groups is 1. The summed E-state index contributed by atoms with van der Waals surface area (Å²) in [5, 5.41) is 16.4. The number of carbonyl (C=O) groups is 1. The maximum absolute atomic E-state index is 13.5. The minimum atomic E-state index is -1.39. The first-order valence-corrected chi connectivity index (χ1v) is 14.9. The SMILES string of the molecule is COCCCCC(O)(c1cccc(Cl)c1-c1csc2ccccc12)C1CN(C(=O)c2ccc(CN)cc2)CCO1. The summed E-state index contributed by atoms with van der Waals surface area (Å²) in [5.41, 5.74) is 8.41. The van der Waals surface area contributed by atoms with Crippen LogP contribution in [0.2, 0.25) is 5.02 Å². The Morgan fingerprint density at radius 2 is 1.95 bits per heavy atom. The minimum absolute atomic E-state index is 0.0891. The van der Waals surface area contributed by atoms with E-state index in [1.165, 1.54) is 0 Å². The van der Waals surface area contributed by atoms with E-state index in [0.717, 1.165) is 39.6 Å². The molecule has 3 aromatic carbocycles. The zero-order valence-corrected chi connectivity index (χ0v) is 24.2. The third-order valence-corrected chi connectivity index (χ3v) is 8.99. The summed E-state index contributed by atoms with van der Waals surface area (Å²) >= 11 is 8.55. The average molecular weight is 579 g/mol. The van der Waals surface area contributed by atoms with E-state index in [0.29, 0.717) is 48.9 Å². The van der Waals surface area contributed by atoms with Crippen molar-refractivity contribution in [2.24, 2.45) is 5.73 Å². The molecule has 5 rings (SSSR count). The highest BCUT2D eigenvalue weighted by Gasteiger charge is 2.44. The maximum atomic E-state index is 13.5. The van der Waals surface area contributed by atoms with Crippen molar-refractivity contribution in [3.8, 4) is 11.1 Å². The van der Waals surface area contributed by atoms with Gasteiger partial charge in [-0.05, 0) is 60.0 Å². The first-order valence-electron chi connectivity index (χ1n) is 13.6. The number of nitrogens with zero attached hydrogens (tertiary/aromatic N) is 1. The smallest absolute Gasteiger partial charge is 0.254 e. The van der Waals surface area contributed by atoms with E-state index in [2.05, 4.69) is 17.5 Å². The lowest BCUT2D eigenvalue weighted by Gasteiger charge is -2.43. The summed E-state index contributed by atoms with van der Waals surface area (Å²) in [5.74, 6) is -0.0891. The Bertz CT molecular complexity index is 1460. The lowest BCUT2D eigenvalue weighted by molar-refractivity contribution is -0.146. The Labute approximate surface area is 244 Å². The number of hydrogen-bond donors (Lipinski definition) is 2. The molecule has 2 unspecified atom stereocenters. The fraction of sp³-hybridized carbons (Fsp3) is 0.344. The zero-order valence-electron chi connectivity index (χ0n) is 22.6. The van der Waals surface area contributed by atoms with Crippen LogP contribution in [0.3, 0.4) is 0 Å². The second-order valence-electron chi connectivity index (χ2n) is 10.2. The Hall–Kier alpha value is -2.78. The Morgan fingerprint density at radius 1 is 1.15 bits per heavy atom. The summed E-state index contributed by atoms with van der Waals surface area (Å²) in [6, 6.07) is 21.3. The van der Waals surface area contributed by atoms with Crippen molar-refractivity contribution in [3.05, 3.63) is 93.8 Å². The van der Waals surface area contributed by atoms with Gasteiger partial charge in [-0.3, -0.25) is 4.79 Å². The minimum Gasteiger partial charge on any atom is -0.385 e. The van der Waals surface area contributed by atoms with E-state index in [4.69, 9.17) is 26.8 Å². The van der Waals surface area contributed by atoms with Crippen LogP contribution in [0.25, 0.3) is 21.2 Å². The van der Waals surface area contributed by atoms with Crippen LogP contribution in [0.1, 0.15) is 40.7 Å². The number of methoxy groups -OCH3 is 1. The van der Waals surface area contributed by atoms with Crippen molar-refractivity contribution in [1.82, 2.24) is 4.90 Å². The van der Waals surface area contributed by atoms with Crippen LogP contribution < -0.4 is 5.73 Å². The first-order chi connectivity index (χ1) is 19.5. The van der Waals surface area contributed by atoms with E-state index in [-0.39, 0.29) is 12.5 Å². The predicted molar refractivity (Wildman–Crippen MR) is 162 cm³/mol. The number of unbranched alkanes of at least 4 members (excludes halogenated alkanes) is 1. The quantitative estimate of drug-likeness (QED) is 0.218. The number of halogens is 1.